The number of hydrogen-bond donors (Lipinski definition) is 0. The molecule has 6 heteroatoms. The van der Waals surface area contributed by atoms with E-state index in [1.165, 1.54) is 6.20 Å². The average molecular weight is 223 g/mol. The Morgan fingerprint density at radius 3 is 2.79 bits per heavy atom. The van der Waals surface area contributed by atoms with Crippen LogP contribution in [0.2, 0.25) is 0 Å². The van der Waals surface area contributed by atoms with Crippen molar-refractivity contribution in [1.29, 1.82) is 0 Å². The van der Waals surface area contributed by atoms with Crippen LogP contribution >= 0.6 is 11.8 Å². The first-order valence-corrected chi connectivity index (χ1v) is 4.80. The topological polar surface area (TPSA) is 22.1 Å². The number of nitrogens with zero attached hydrogens (tertiary/aromatic N) is 1. The molecule has 0 radical (unpaired) electrons. The fourth-order valence-electron chi connectivity index (χ4n) is 0.749. The Morgan fingerprint density at radius 2 is 2.21 bits per heavy atom. The molecule has 0 aliphatic rings. The molecule has 0 fully saturated rings. The molecule has 0 unspecified atom stereocenters. The van der Waals surface area contributed by atoms with Gasteiger partial charge in [0.15, 0.2) is 0 Å². The fraction of sp³-hybridized carbons (Fsp3) is 0.375. The lowest BCUT2D eigenvalue weighted by atomic mass is 10.5. The highest BCUT2D eigenvalue weighted by atomic mass is 32.2. The highest BCUT2D eigenvalue weighted by Gasteiger charge is 2.27. The van der Waals surface area contributed by atoms with Crippen molar-refractivity contribution in [3.8, 4) is 5.75 Å². The van der Waals surface area contributed by atoms with Crippen LogP contribution in [0.1, 0.15) is 0 Å². The van der Waals surface area contributed by atoms with E-state index in [-0.39, 0.29) is 24.1 Å². The maximum atomic E-state index is 11.7. The van der Waals surface area contributed by atoms with Crippen molar-refractivity contribution >= 4 is 11.8 Å². The molecule has 0 atom stereocenters. The van der Waals surface area contributed by atoms with E-state index in [1.54, 1.807) is 18.3 Å². The zero-order valence-corrected chi connectivity index (χ0v) is 7.94. The number of pyridine rings is 1. The molecule has 0 aliphatic carbocycles. The van der Waals surface area contributed by atoms with Crippen molar-refractivity contribution in [1.82, 2.24) is 4.98 Å². The van der Waals surface area contributed by atoms with Crippen LogP contribution in [0.3, 0.4) is 0 Å². The van der Waals surface area contributed by atoms with Crippen molar-refractivity contribution in [2.75, 3.05) is 12.4 Å². The first kappa shape index (κ1) is 11.2. The average Bonchev–Trinajstić information content (AvgIpc) is 2.13. The third-order valence-corrected chi connectivity index (χ3v) is 1.95. The third kappa shape index (κ3) is 4.96. The van der Waals surface area contributed by atoms with Crippen molar-refractivity contribution < 1.29 is 17.9 Å². The van der Waals surface area contributed by atoms with Crippen LogP contribution in [0.4, 0.5) is 13.2 Å². The largest absolute Gasteiger partial charge is 0.491 e. The van der Waals surface area contributed by atoms with Gasteiger partial charge in [-0.3, -0.25) is 4.98 Å². The zero-order valence-electron chi connectivity index (χ0n) is 7.12. The molecule has 0 saturated carbocycles. The summed E-state index contributed by atoms with van der Waals surface area (Å²) in [7, 11) is 0. The van der Waals surface area contributed by atoms with Gasteiger partial charge in [-0.2, -0.15) is 13.2 Å². The highest BCUT2D eigenvalue weighted by molar-refractivity contribution is 8.00. The molecular formula is C8H8F3NOS. The van der Waals surface area contributed by atoms with E-state index < -0.39 is 5.51 Å². The van der Waals surface area contributed by atoms with E-state index in [1.807, 2.05) is 0 Å². The minimum Gasteiger partial charge on any atom is -0.491 e. The van der Waals surface area contributed by atoms with Gasteiger partial charge in [0.1, 0.15) is 5.75 Å². The normalized spacial score (nSPS) is 11.4. The summed E-state index contributed by atoms with van der Waals surface area (Å²) < 4.78 is 40.0. The van der Waals surface area contributed by atoms with Gasteiger partial charge < -0.3 is 4.74 Å². The Hall–Kier alpha value is -0.910. The van der Waals surface area contributed by atoms with Crippen LogP contribution in [-0.4, -0.2) is 22.9 Å². The van der Waals surface area contributed by atoms with E-state index in [0.717, 1.165) is 0 Å². The molecule has 2 nitrogen and oxygen atoms in total. The Labute approximate surface area is 83.5 Å². The van der Waals surface area contributed by atoms with Crippen molar-refractivity contribution in [3.05, 3.63) is 24.5 Å². The molecule has 0 bridgehead atoms. The lowest BCUT2D eigenvalue weighted by Crippen LogP contribution is -2.07. The lowest BCUT2D eigenvalue weighted by molar-refractivity contribution is -0.0329. The van der Waals surface area contributed by atoms with Gasteiger partial charge in [-0.05, 0) is 23.9 Å². The predicted octanol–water partition coefficient (Wildman–Crippen LogP) is 2.71. The molecule has 14 heavy (non-hydrogen) atoms. The first-order chi connectivity index (χ1) is 6.58. The Balaban J connectivity index is 2.17. The second kappa shape index (κ2) is 5.09. The van der Waals surface area contributed by atoms with Crippen LogP contribution in [0.25, 0.3) is 0 Å². The number of alkyl halides is 3. The maximum absolute atomic E-state index is 11.7. The summed E-state index contributed by atoms with van der Waals surface area (Å²) in [5, 5.41) is 0. The molecule has 0 N–H and O–H groups in total. The SMILES string of the molecule is FC(F)(F)SCCOc1cccnc1. The summed E-state index contributed by atoms with van der Waals surface area (Å²) in [6.45, 7) is 0.0237. The standard InChI is InChI=1S/C8H8F3NOS/c9-8(10,11)14-5-4-13-7-2-1-3-12-6-7/h1-3,6H,4-5H2. The Kier molecular flexibility index (Phi) is 4.06. The number of rotatable bonds is 4. The molecule has 0 spiro atoms. The van der Waals surface area contributed by atoms with Crippen molar-refractivity contribution in [3.63, 3.8) is 0 Å². The smallest absolute Gasteiger partial charge is 0.441 e. The van der Waals surface area contributed by atoms with E-state index in [9.17, 15) is 13.2 Å². The number of aromatic nitrogens is 1. The minimum absolute atomic E-state index is 0.0237. The first-order valence-electron chi connectivity index (χ1n) is 3.81. The second-order valence-corrected chi connectivity index (χ2v) is 3.49. The quantitative estimate of drug-likeness (QED) is 0.733. The molecule has 0 saturated heterocycles. The summed E-state index contributed by atoms with van der Waals surface area (Å²) in [6.07, 6.45) is 3.02. The number of ether oxygens (including phenoxy) is 1. The van der Waals surface area contributed by atoms with Gasteiger partial charge in [0, 0.05) is 11.9 Å². The van der Waals surface area contributed by atoms with Crippen LogP contribution in [0.15, 0.2) is 24.5 Å². The summed E-state index contributed by atoms with van der Waals surface area (Å²) in [4.78, 5) is 3.76. The molecule has 1 heterocycles. The number of hydrogen-bond acceptors (Lipinski definition) is 3. The van der Waals surface area contributed by atoms with E-state index >= 15 is 0 Å². The number of halogens is 3. The van der Waals surface area contributed by atoms with Gasteiger partial charge in [0.2, 0.25) is 0 Å². The summed E-state index contributed by atoms with van der Waals surface area (Å²) in [5.74, 6) is 0.369. The predicted molar refractivity (Wildman–Crippen MR) is 48.2 cm³/mol. The molecule has 1 rings (SSSR count). The van der Waals surface area contributed by atoms with Crippen LogP contribution in [-0.2, 0) is 0 Å². The third-order valence-electron chi connectivity index (χ3n) is 1.25. The Morgan fingerprint density at radius 1 is 1.43 bits per heavy atom. The van der Waals surface area contributed by atoms with Crippen molar-refractivity contribution in [2.45, 2.75) is 5.51 Å². The van der Waals surface area contributed by atoms with Gasteiger partial charge in [0.05, 0.1) is 12.8 Å². The molecule has 78 valence electrons. The minimum atomic E-state index is -4.18. The van der Waals surface area contributed by atoms with Gasteiger partial charge in [-0.25, -0.2) is 0 Å². The van der Waals surface area contributed by atoms with Crippen LogP contribution in [0, 0.1) is 0 Å². The van der Waals surface area contributed by atoms with E-state index in [0.29, 0.717) is 5.75 Å². The summed E-state index contributed by atoms with van der Waals surface area (Å²) >= 11 is -0.0926. The van der Waals surface area contributed by atoms with Crippen LogP contribution in [0.5, 0.6) is 5.75 Å². The number of thioether (sulfide) groups is 1. The highest BCUT2D eigenvalue weighted by Crippen LogP contribution is 2.29. The molecule has 1 aromatic rings. The van der Waals surface area contributed by atoms with Gasteiger partial charge in [-0.15, -0.1) is 0 Å². The lowest BCUT2D eigenvalue weighted by Gasteiger charge is -2.06. The monoisotopic (exact) mass is 223 g/mol. The molecule has 0 aliphatic heterocycles. The Bertz CT molecular complexity index is 265. The van der Waals surface area contributed by atoms with Gasteiger partial charge in [0.25, 0.3) is 0 Å². The molecular weight excluding hydrogens is 215 g/mol. The van der Waals surface area contributed by atoms with Crippen molar-refractivity contribution in [2.24, 2.45) is 0 Å². The molecule has 1 aromatic heterocycles. The van der Waals surface area contributed by atoms with E-state index in [4.69, 9.17) is 4.74 Å². The maximum Gasteiger partial charge on any atom is 0.441 e. The van der Waals surface area contributed by atoms with Crippen LogP contribution < -0.4 is 4.74 Å². The molecule has 0 aromatic carbocycles. The van der Waals surface area contributed by atoms with Gasteiger partial charge in [-0.1, -0.05) is 0 Å². The summed E-state index contributed by atoms with van der Waals surface area (Å²) in [5.41, 5.74) is -4.18. The fourth-order valence-corrected chi connectivity index (χ4v) is 1.15. The van der Waals surface area contributed by atoms with Gasteiger partial charge >= 0.3 is 5.51 Å². The molecule has 0 amide bonds. The van der Waals surface area contributed by atoms with E-state index in [2.05, 4.69) is 4.98 Å². The zero-order chi connectivity index (χ0) is 10.4. The summed E-state index contributed by atoms with van der Waals surface area (Å²) in [6, 6.07) is 3.30. The second-order valence-electron chi connectivity index (χ2n) is 2.33.